The maximum absolute atomic E-state index is 11.8. The summed E-state index contributed by atoms with van der Waals surface area (Å²) in [4.78, 5) is 19.6. The van der Waals surface area contributed by atoms with E-state index < -0.39 is 0 Å². The first kappa shape index (κ1) is 17.5. The summed E-state index contributed by atoms with van der Waals surface area (Å²) >= 11 is 0. The van der Waals surface area contributed by atoms with Crippen LogP contribution in [0.3, 0.4) is 0 Å². The number of rotatable bonds is 7. The molecule has 0 N–H and O–H groups in total. The highest BCUT2D eigenvalue weighted by Crippen LogP contribution is 2.31. The van der Waals surface area contributed by atoms with Crippen molar-refractivity contribution in [3.63, 3.8) is 0 Å². The highest BCUT2D eigenvalue weighted by atomic mass is 16.5. The first-order valence-corrected chi connectivity index (χ1v) is 8.32. The molecule has 0 aliphatic rings. The van der Waals surface area contributed by atoms with Gasteiger partial charge in [-0.25, -0.2) is 4.98 Å². The number of benzene rings is 2. The molecule has 132 valence electrons. The minimum Gasteiger partial charge on any atom is -0.485 e. The van der Waals surface area contributed by atoms with Crippen molar-refractivity contribution in [3.8, 4) is 5.75 Å². The van der Waals surface area contributed by atoms with Gasteiger partial charge in [0.1, 0.15) is 6.61 Å². The molecular formula is C21H21N3O2. The molecule has 0 unspecified atom stereocenters. The van der Waals surface area contributed by atoms with Crippen LogP contribution in [0.4, 0.5) is 17.2 Å². The van der Waals surface area contributed by atoms with Crippen LogP contribution in [-0.2, 0) is 11.4 Å². The lowest BCUT2D eigenvalue weighted by Gasteiger charge is -2.21. The molecular weight excluding hydrogens is 326 g/mol. The molecule has 0 radical (unpaired) electrons. The van der Waals surface area contributed by atoms with Crippen molar-refractivity contribution in [2.45, 2.75) is 6.61 Å². The van der Waals surface area contributed by atoms with Crippen LogP contribution in [0.15, 0.2) is 72.9 Å². The van der Waals surface area contributed by atoms with Gasteiger partial charge in [0.05, 0.1) is 5.69 Å². The number of amides is 1. The van der Waals surface area contributed by atoms with Crippen molar-refractivity contribution in [1.29, 1.82) is 0 Å². The number of nitrogens with zero attached hydrogens (tertiary/aromatic N) is 3. The number of anilines is 3. The van der Waals surface area contributed by atoms with Crippen LogP contribution in [0.2, 0.25) is 0 Å². The second kappa shape index (κ2) is 8.16. The quantitative estimate of drug-likeness (QED) is 0.606. The Morgan fingerprint density at radius 3 is 2.27 bits per heavy atom. The number of aromatic nitrogens is 1. The van der Waals surface area contributed by atoms with E-state index in [1.165, 1.54) is 4.90 Å². The Labute approximate surface area is 153 Å². The Hall–Kier alpha value is -3.34. The number of hydrogen-bond donors (Lipinski definition) is 0. The first-order valence-electron chi connectivity index (χ1n) is 8.32. The summed E-state index contributed by atoms with van der Waals surface area (Å²) in [5.74, 6) is 1.02. The van der Waals surface area contributed by atoms with Gasteiger partial charge < -0.3 is 9.64 Å². The molecule has 1 amide bonds. The van der Waals surface area contributed by atoms with Gasteiger partial charge in [0.15, 0.2) is 11.6 Å². The van der Waals surface area contributed by atoms with E-state index in [1.54, 1.807) is 12.3 Å². The third-order valence-electron chi connectivity index (χ3n) is 3.97. The van der Waals surface area contributed by atoms with Gasteiger partial charge in [-0.2, -0.15) is 0 Å². The SMILES string of the molecule is CN(C)c1ccc(N(C=O)c2ncccc2OCc2ccccc2)cc1. The van der Waals surface area contributed by atoms with Crippen LogP contribution < -0.4 is 14.5 Å². The molecule has 5 nitrogen and oxygen atoms in total. The molecule has 3 rings (SSSR count). The van der Waals surface area contributed by atoms with Crippen molar-refractivity contribution in [2.75, 3.05) is 23.9 Å². The lowest BCUT2D eigenvalue weighted by molar-refractivity contribution is -0.106. The third kappa shape index (κ3) is 4.00. The summed E-state index contributed by atoms with van der Waals surface area (Å²) in [6.07, 6.45) is 2.40. The highest BCUT2D eigenvalue weighted by molar-refractivity contribution is 5.87. The Bertz CT molecular complexity index is 849. The average molecular weight is 347 g/mol. The number of carbonyl (C=O) groups excluding carboxylic acids is 1. The highest BCUT2D eigenvalue weighted by Gasteiger charge is 2.15. The molecule has 0 aliphatic carbocycles. The number of ether oxygens (including phenoxy) is 1. The zero-order valence-corrected chi connectivity index (χ0v) is 14.9. The van der Waals surface area contributed by atoms with Crippen molar-refractivity contribution in [3.05, 3.63) is 78.5 Å². The van der Waals surface area contributed by atoms with Gasteiger partial charge in [-0.15, -0.1) is 0 Å². The van der Waals surface area contributed by atoms with Crippen LogP contribution in [0.5, 0.6) is 5.75 Å². The summed E-state index contributed by atoms with van der Waals surface area (Å²) in [5.41, 5.74) is 2.84. The largest absolute Gasteiger partial charge is 0.485 e. The second-order valence-corrected chi connectivity index (χ2v) is 5.99. The molecule has 1 heterocycles. The number of carbonyl (C=O) groups is 1. The molecule has 0 saturated carbocycles. The van der Waals surface area contributed by atoms with Crippen LogP contribution in [-0.4, -0.2) is 25.5 Å². The zero-order valence-electron chi connectivity index (χ0n) is 14.9. The number of hydrogen-bond acceptors (Lipinski definition) is 4. The first-order chi connectivity index (χ1) is 12.7. The monoisotopic (exact) mass is 347 g/mol. The predicted molar refractivity (Wildman–Crippen MR) is 104 cm³/mol. The van der Waals surface area contributed by atoms with E-state index in [1.807, 2.05) is 79.7 Å². The van der Waals surface area contributed by atoms with Crippen LogP contribution in [0.1, 0.15) is 5.56 Å². The Kier molecular flexibility index (Phi) is 5.49. The van der Waals surface area contributed by atoms with E-state index in [4.69, 9.17) is 4.74 Å². The van der Waals surface area contributed by atoms with Crippen molar-refractivity contribution in [1.82, 2.24) is 4.98 Å². The topological polar surface area (TPSA) is 45.7 Å². The molecule has 0 fully saturated rings. The van der Waals surface area contributed by atoms with E-state index >= 15 is 0 Å². The van der Waals surface area contributed by atoms with Gasteiger partial charge in [0.25, 0.3) is 0 Å². The fraction of sp³-hybridized carbons (Fsp3) is 0.143. The molecule has 0 spiro atoms. The van der Waals surface area contributed by atoms with Crippen molar-refractivity contribution >= 4 is 23.6 Å². The molecule has 0 atom stereocenters. The summed E-state index contributed by atoms with van der Waals surface area (Å²) in [5, 5.41) is 0. The van der Waals surface area contributed by atoms with E-state index in [9.17, 15) is 4.79 Å². The molecule has 3 aromatic rings. The van der Waals surface area contributed by atoms with Crippen molar-refractivity contribution in [2.24, 2.45) is 0 Å². The molecule has 0 bridgehead atoms. The van der Waals surface area contributed by atoms with Gasteiger partial charge in [-0.05, 0) is 42.0 Å². The predicted octanol–water partition coefficient (Wildman–Crippen LogP) is 4.02. The normalized spacial score (nSPS) is 10.2. The van der Waals surface area contributed by atoms with E-state index in [0.29, 0.717) is 18.2 Å². The van der Waals surface area contributed by atoms with Crippen LogP contribution in [0, 0.1) is 0 Å². The Morgan fingerprint density at radius 1 is 0.923 bits per heavy atom. The maximum Gasteiger partial charge on any atom is 0.220 e. The lowest BCUT2D eigenvalue weighted by Crippen LogP contribution is -2.17. The van der Waals surface area contributed by atoms with Gasteiger partial charge >= 0.3 is 0 Å². The summed E-state index contributed by atoms with van der Waals surface area (Å²) < 4.78 is 5.92. The van der Waals surface area contributed by atoms with Crippen LogP contribution >= 0.6 is 0 Å². The minimum atomic E-state index is 0.409. The van der Waals surface area contributed by atoms with Gasteiger partial charge in [0.2, 0.25) is 6.41 Å². The molecule has 1 aromatic heterocycles. The Balaban J connectivity index is 1.85. The fourth-order valence-electron chi connectivity index (χ4n) is 2.56. The summed E-state index contributed by atoms with van der Waals surface area (Å²) in [7, 11) is 3.95. The molecule has 26 heavy (non-hydrogen) atoms. The second-order valence-electron chi connectivity index (χ2n) is 5.99. The van der Waals surface area contributed by atoms with Gasteiger partial charge in [-0.3, -0.25) is 9.69 Å². The Morgan fingerprint density at radius 2 is 1.62 bits per heavy atom. The van der Waals surface area contributed by atoms with E-state index in [2.05, 4.69) is 4.98 Å². The minimum absolute atomic E-state index is 0.409. The van der Waals surface area contributed by atoms with E-state index in [0.717, 1.165) is 23.3 Å². The maximum atomic E-state index is 11.8. The van der Waals surface area contributed by atoms with Crippen LogP contribution in [0.25, 0.3) is 0 Å². The summed E-state index contributed by atoms with van der Waals surface area (Å²) in [6.45, 7) is 0.409. The van der Waals surface area contributed by atoms with Gasteiger partial charge in [0, 0.05) is 26.0 Å². The smallest absolute Gasteiger partial charge is 0.220 e. The third-order valence-corrected chi connectivity index (χ3v) is 3.97. The zero-order chi connectivity index (χ0) is 18.4. The molecule has 0 saturated heterocycles. The average Bonchev–Trinajstić information content (AvgIpc) is 2.69. The molecule has 0 aliphatic heterocycles. The fourth-order valence-corrected chi connectivity index (χ4v) is 2.56. The lowest BCUT2D eigenvalue weighted by atomic mass is 10.2. The van der Waals surface area contributed by atoms with E-state index in [-0.39, 0.29) is 0 Å². The molecule has 5 heteroatoms. The summed E-state index contributed by atoms with van der Waals surface area (Å²) in [6, 6.07) is 21.2. The standard InChI is InChI=1S/C21H21N3O2/c1-23(2)18-10-12-19(13-11-18)24(16-25)21-20(9-6-14-22-21)26-15-17-7-4-3-5-8-17/h3-14,16H,15H2,1-2H3. The van der Waals surface area contributed by atoms with Crippen molar-refractivity contribution < 1.29 is 9.53 Å². The number of pyridine rings is 1. The molecule has 2 aromatic carbocycles. The van der Waals surface area contributed by atoms with Gasteiger partial charge in [-0.1, -0.05) is 30.3 Å².